The third-order valence-electron chi connectivity index (χ3n) is 4.35. The van der Waals surface area contributed by atoms with E-state index < -0.39 is 11.8 Å². The quantitative estimate of drug-likeness (QED) is 0.766. The molecule has 0 fully saturated rings. The Morgan fingerprint density at radius 3 is 2.52 bits per heavy atom. The van der Waals surface area contributed by atoms with Crippen molar-refractivity contribution >= 4 is 11.8 Å². The number of para-hydroxylation sites is 2. The van der Waals surface area contributed by atoms with Crippen LogP contribution in [-0.2, 0) is 16.0 Å². The van der Waals surface area contributed by atoms with Crippen molar-refractivity contribution in [2.45, 2.75) is 31.9 Å². The lowest BCUT2D eigenvalue weighted by Crippen LogP contribution is -2.47. The molecule has 6 nitrogen and oxygen atoms in total. The second kappa shape index (κ2) is 9.07. The number of nitrogens with one attached hydrogen (secondary N) is 2. The number of ether oxygens (including phenoxy) is 2. The number of carbonyl (C=O) groups excluding carboxylic acids is 2. The van der Waals surface area contributed by atoms with Crippen molar-refractivity contribution in [3.8, 4) is 11.5 Å². The smallest absolute Gasteiger partial charge is 0.309 e. The van der Waals surface area contributed by atoms with Crippen LogP contribution in [0.25, 0.3) is 0 Å². The van der Waals surface area contributed by atoms with E-state index in [1.165, 1.54) is 5.56 Å². The Morgan fingerprint density at radius 2 is 1.74 bits per heavy atom. The van der Waals surface area contributed by atoms with Crippen molar-refractivity contribution in [2.75, 3.05) is 13.2 Å². The van der Waals surface area contributed by atoms with E-state index in [9.17, 15) is 9.59 Å². The average Bonchev–Trinajstić information content (AvgIpc) is 2.71. The molecule has 27 heavy (non-hydrogen) atoms. The molecule has 0 spiro atoms. The SMILES string of the molecule is C[C@@H](CCc1ccccc1)NC(=O)C(=O)NC[C@@H]1COc2ccccc2O1. The monoisotopic (exact) mass is 368 g/mol. The summed E-state index contributed by atoms with van der Waals surface area (Å²) in [5.41, 5.74) is 1.21. The maximum Gasteiger partial charge on any atom is 0.309 e. The van der Waals surface area contributed by atoms with Gasteiger partial charge in [0, 0.05) is 6.04 Å². The Balaban J connectivity index is 1.38. The van der Waals surface area contributed by atoms with Gasteiger partial charge in [0.25, 0.3) is 0 Å². The van der Waals surface area contributed by atoms with E-state index in [4.69, 9.17) is 9.47 Å². The first-order valence-corrected chi connectivity index (χ1v) is 9.13. The van der Waals surface area contributed by atoms with Gasteiger partial charge in [-0.2, -0.15) is 0 Å². The lowest BCUT2D eigenvalue weighted by molar-refractivity contribution is -0.139. The van der Waals surface area contributed by atoms with Gasteiger partial charge >= 0.3 is 11.8 Å². The van der Waals surface area contributed by atoms with Gasteiger partial charge < -0.3 is 20.1 Å². The molecule has 2 N–H and O–H groups in total. The van der Waals surface area contributed by atoms with Crippen LogP contribution in [0.3, 0.4) is 0 Å². The van der Waals surface area contributed by atoms with E-state index in [1.54, 1.807) is 0 Å². The average molecular weight is 368 g/mol. The van der Waals surface area contributed by atoms with Gasteiger partial charge in [-0.05, 0) is 37.5 Å². The summed E-state index contributed by atoms with van der Waals surface area (Å²) < 4.78 is 11.3. The summed E-state index contributed by atoms with van der Waals surface area (Å²) >= 11 is 0. The number of amides is 2. The summed E-state index contributed by atoms with van der Waals surface area (Å²) in [6.07, 6.45) is 1.28. The van der Waals surface area contributed by atoms with Crippen molar-refractivity contribution in [3.63, 3.8) is 0 Å². The van der Waals surface area contributed by atoms with Crippen LogP contribution in [-0.4, -0.2) is 37.1 Å². The zero-order chi connectivity index (χ0) is 19.1. The molecule has 1 heterocycles. The normalized spacial score (nSPS) is 16.3. The minimum atomic E-state index is -0.663. The summed E-state index contributed by atoms with van der Waals surface area (Å²) in [7, 11) is 0. The molecule has 0 aliphatic carbocycles. The standard InChI is InChI=1S/C21H24N2O4/c1-15(11-12-16-7-3-2-4-8-16)23-21(25)20(24)22-13-17-14-26-18-9-5-6-10-19(18)27-17/h2-10,15,17H,11-14H2,1H3,(H,22,24)(H,23,25)/t15-,17+/m0/s1. The zero-order valence-corrected chi connectivity index (χ0v) is 15.3. The molecule has 0 saturated carbocycles. The first-order valence-electron chi connectivity index (χ1n) is 9.13. The van der Waals surface area contributed by atoms with Gasteiger partial charge in [0.1, 0.15) is 12.7 Å². The van der Waals surface area contributed by atoms with Crippen LogP contribution in [0.4, 0.5) is 0 Å². The van der Waals surface area contributed by atoms with E-state index in [1.807, 2.05) is 61.5 Å². The molecule has 1 aliphatic heterocycles. The molecule has 0 radical (unpaired) electrons. The van der Waals surface area contributed by atoms with E-state index in [-0.39, 0.29) is 18.7 Å². The van der Waals surface area contributed by atoms with Gasteiger partial charge in [0.15, 0.2) is 11.5 Å². The first-order chi connectivity index (χ1) is 13.1. The minimum absolute atomic E-state index is 0.0930. The largest absolute Gasteiger partial charge is 0.486 e. The van der Waals surface area contributed by atoms with Gasteiger partial charge in [-0.25, -0.2) is 0 Å². The number of aryl methyl sites for hydroxylation is 1. The van der Waals surface area contributed by atoms with Gasteiger partial charge in [-0.15, -0.1) is 0 Å². The molecular weight excluding hydrogens is 344 g/mol. The highest BCUT2D eigenvalue weighted by Crippen LogP contribution is 2.30. The van der Waals surface area contributed by atoms with Crippen LogP contribution in [0, 0.1) is 0 Å². The van der Waals surface area contributed by atoms with Crippen LogP contribution < -0.4 is 20.1 Å². The molecule has 2 aromatic carbocycles. The van der Waals surface area contributed by atoms with Crippen LogP contribution in [0.15, 0.2) is 54.6 Å². The number of carbonyl (C=O) groups is 2. The topological polar surface area (TPSA) is 76.7 Å². The first kappa shape index (κ1) is 18.8. The Kier molecular flexibility index (Phi) is 6.30. The summed E-state index contributed by atoms with van der Waals surface area (Å²) in [6.45, 7) is 2.43. The van der Waals surface area contributed by atoms with Crippen LogP contribution >= 0.6 is 0 Å². The van der Waals surface area contributed by atoms with E-state index in [0.29, 0.717) is 18.1 Å². The predicted octanol–water partition coefficient (Wildman–Crippen LogP) is 2.08. The number of benzene rings is 2. The molecule has 0 saturated heterocycles. The maximum atomic E-state index is 12.0. The third kappa shape index (κ3) is 5.48. The van der Waals surface area contributed by atoms with Gasteiger partial charge in [0.2, 0.25) is 0 Å². The van der Waals surface area contributed by atoms with Crippen molar-refractivity contribution in [3.05, 3.63) is 60.2 Å². The molecule has 1 aliphatic rings. The van der Waals surface area contributed by atoms with Crippen molar-refractivity contribution in [2.24, 2.45) is 0 Å². The summed E-state index contributed by atoms with van der Waals surface area (Å²) in [6, 6.07) is 17.3. The number of fused-ring (bicyclic) bond motifs is 1. The van der Waals surface area contributed by atoms with Gasteiger partial charge in [-0.1, -0.05) is 42.5 Å². The van der Waals surface area contributed by atoms with Crippen molar-refractivity contribution in [1.82, 2.24) is 10.6 Å². The number of hydrogen-bond acceptors (Lipinski definition) is 4. The Labute approximate surface area is 158 Å². The molecule has 2 aromatic rings. The predicted molar refractivity (Wildman–Crippen MR) is 102 cm³/mol. The van der Waals surface area contributed by atoms with Crippen LogP contribution in [0.1, 0.15) is 18.9 Å². The Hall–Kier alpha value is -3.02. The molecule has 0 aromatic heterocycles. The van der Waals surface area contributed by atoms with E-state index in [0.717, 1.165) is 12.8 Å². The highest BCUT2D eigenvalue weighted by atomic mass is 16.6. The molecule has 0 bridgehead atoms. The van der Waals surface area contributed by atoms with Crippen LogP contribution in [0.5, 0.6) is 11.5 Å². The van der Waals surface area contributed by atoms with Crippen molar-refractivity contribution in [1.29, 1.82) is 0 Å². The molecule has 6 heteroatoms. The van der Waals surface area contributed by atoms with E-state index >= 15 is 0 Å². The summed E-state index contributed by atoms with van der Waals surface area (Å²) in [4.78, 5) is 24.1. The second-order valence-corrected chi connectivity index (χ2v) is 6.61. The lowest BCUT2D eigenvalue weighted by atomic mass is 10.1. The fraction of sp³-hybridized carbons (Fsp3) is 0.333. The summed E-state index contributed by atoms with van der Waals surface area (Å²) in [5.74, 6) is 0.0313. The van der Waals surface area contributed by atoms with Gasteiger partial charge in [0.05, 0.1) is 6.54 Å². The lowest BCUT2D eigenvalue weighted by Gasteiger charge is -2.26. The van der Waals surface area contributed by atoms with Crippen LogP contribution in [0.2, 0.25) is 0 Å². The maximum absolute atomic E-state index is 12.0. The Bertz CT molecular complexity index is 779. The third-order valence-corrected chi connectivity index (χ3v) is 4.35. The molecule has 3 rings (SSSR count). The van der Waals surface area contributed by atoms with Gasteiger partial charge in [-0.3, -0.25) is 9.59 Å². The highest BCUT2D eigenvalue weighted by Gasteiger charge is 2.23. The molecule has 0 unspecified atom stereocenters. The Morgan fingerprint density at radius 1 is 1.04 bits per heavy atom. The second-order valence-electron chi connectivity index (χ2n) is 6.61. The summed E-state index contributed by atoms with van der Waals surface area (Å²) in [5, 5.41) is 5.34. The molecule has 142 valence electrons. The van der Waals surface area contributed by atoms with E-state index in [2.05, 4.69) is 10.6 Å². The minimum Gasteiger partial charge on any atom is -0.486 e. The molecule has 2 amide bonds. The number of hydrogen-bond donors (Lipinski definition) is 2. The number of rotatable bonds is 6. The fourth-order valence-electron chi connectivity index (χ4n) is 2.84. The molecular formula is C21H24N2O4. The molecule has 2 atom stereocenters. The zero-order valence-electron chi connectivity index (χ0n) is 15.3. The highest BCUT2D eigenvalue weighted by molar-refractivity contribution is 6.35. The fourth-order valence-corrected chi connectivity index (χ4v) is 2.84. The van der Waals surface area contributed by atoms with Crippen molar-refractivity contribution < 1.29 is 19.1 Å².